The zero-order chi connectivity index (χ0) is 47.4. The number of nitrogens with two attached hydrogens (primary N) is 1. The van der Waals surface area contributed by atoms with Crippen molar-refractivity contribution in [1.82, 2.24) is 16.0 Å². The molecule has 9 atom stereocenters. The maximum Gasteiger partial charge on any atom is 0.302 e. The molecule has 9 unspecified atom stereocenters. The number of dihydropyridines is 1. The molecule has 0 amide bonds. The molecule has 2 saturated carbocycles. The van der Waals surface area contributed by atoms with Crippen molar-refractivity contribution in [2.45, 2.75) is 126 Å². The van der Waals surface area contributed by atoms with E-state index in [1.807, 2.05) is 33.7 Å². The van der Waals surface area contributed by atoms with Crippen molar-refractivity contribution in [2.75, 3.05) is 38.4 Å². The smallest absolute Gasteiger partial charge is 0.302 e. The lowest BCUT2D eigenvalue weighted by Crippen LogP contribution is -2.49. The van der Waals surface area contributed by atoms with E-state index < -0.39 is 12.0 Å². The fourth-order valence-electron chi connectivity index (χ4n) is 13.0. The van der Waals surface area contributed by atoms with Gasteiger partial charge in [0, 0.05) is 88.9 Å². The number of aliphatic hydroxyl groups is 1. The number of fused-ring (bicyclic) bond motifs is 11. The number of phenols is 2. The minimum atomic E-state index is -0.683. The van der Waals surface area contributed by atoms with Gasteiger partial charge in [-0.05, 0) is 116 Å². The molecule has 1 spiro atoms. The highest BCUT2D eigenvalue weighted by molar-refractivity contribution is 8.76. The van der Waals surface area contributed by atoms with Crippen LogP contribution in [0.2, 0.25) is 0 Å². The van der Waals surface area contributed by atoms with Gasteiger partial charge in [-0.2, -0.15) is 0 Å². The molecule has 3 fully saturated rings. The topological polar surface area (TPSA) is 177 Å². The zero-order valence-corrected chi connectivity index (χ0v) is 41.2. The number of aromatic hydroxyl groups is 2. The molecule has 14 heteroatoms. The van der Waals surface area contributed by atoms with Crippen molar-refractivity contribution in [3.05, 3.63) is 92.7 Å². The fraction of sp³-hybridized carbons (Fsp3) is 0.509. The first-order valence-corrected chi connectivity index (χ1v) is 27.5. The third-order valence-corrected chi connectivity index (χ3v) is 18.6. The summed E-state index contributed by atoms with van der Waals surface area (Å²) in [5.74, 6) is 11.2. The zero-order valence-electron chi connectivity index (χ0n) is 39.5. The van der Waals surface area contributed by atoms with E-state index in [-0.39, 0.29) is 67.4 Å². The molecule has 8 aliphatic rings. The Hall–Kier alpha value is -4.75. The number of hydrogen-bond acceptors (Lipinski definition) is 14. The summed E-state index contributed by atoms with van der Waals surface area (Å²) in [6.45, 7) is 2.36. The third kappa shape index (κ3) is 8.80. The third-order valence-electron chi connectivity index (χ3n) is 16.0. The highest BCUT2D eigenvalue weighted by Crippen LogP contribution is 2.63. The molecule has 69 heavy (non-hydrogen) atoms. The van der Waals surface area contributed by atoms with Crippen LogP contribution in [-0.2, 0) is 34.3 Å². The Balaban J connectivity index is 1.16. The molecule has 6 bridgehead atoms. The minimum Gasteiger partial charge on any atom is -0.508 e. The summed E-state index contributed by atoms with van der Waals surface area (Å²) in [6, 6.07) is 8.16. The summed E-state index contributed by atoms with van der Waals surface area (Å²) in [5, 5.41) is 44.7. The first kappa shape index (κ1) is 46.6. The van der Waals surface area contributed by atoms with Crippen molar-refractivity contribution < 1.29 is 39.1 Å². The number of carbonyl (C=O) groups is 1. The molecule has 3 aromatic carbocycles. The normalized spacial score (nSPS) is 29.3. The van der Waals surface area contributed by atoms with E-state index in [1.165, 1.54) is 19.8 Å². The van der Waals surface area contributed by atoms with E-state index in [0.717, 1.165) is 112 Å². The quantitative estimate of drug-likeness (QED) is 0.0501. The Morgan fingerprint density at radius 1 is 1.07 bits per heavy atom. The van der Waals surface area contributed by atoms with E-state index >= 15 is 0 Å². The van der Waals surface area contributed by atoms with Gasteiger partial charge in [0.1, 0.15) is 36.1 Å². The SMILES string of the molecule is COc1cc(O)cc2c1-c1ccc3c4c1C1(CCC(CC5=C(C#CCc6c(CNCCCO)c(O)c7c(c6C(O4)C3COC(C)=O)C=CC3NC4CCCC(CSSCC3O7)C4)NC(N)C=C5)C1)C2. The van der Waals surface area contributed by atoms with E-state index in [1.54, 1.807) is 13.2 Å². The van der Waals surface area contributed by atoms with Crippen molar-refractivity contribution in [1.29, 1.82) is 0 Å². The maximum absolute atomic E-state index is 12.9. The summed E-state index contributed by atoms with van der Waals surface area (Å²) in [5.41, 5.74) is 16.3. The van der Waals surface area contributed by atoms with E-state index in [0.29, 0.717) is 54.3 Å². The second-order valence-corrected chi connectivity index (χ2v) is 23.0. The highest BCUT2D eigenvalue weighted by Gasteiger charge is 2.52. The molecule has 12 nitrogen and oxygen atoms in total. The van der Waals surface area contributed by atoms with Gasteiger partial charge in [0.2, 0.25) is 0 Å². The van der Waals surface area contributed by atoms with Gasteiger partial charge < -0.3 is 56.0 Å². The van der Waals surface area contributed by atoms with Crippen molar-refractivity contribution in [3.8, 4) is 51.7 Å². The number of carbonyl (C=O) groups excluding carboxylic acids is 1. The summed E-state index contributed by atoms with van der Waals surface area (Å²) in [7, 11) is 5.42. The van der Waals surface area contributed by atoms with Crippen LogP contribution >= 0.6 is 21.6 Å². The molecule has 11 rings (SSSR count). The van der Waals surface area contributed by atoms with Gasteiger partial charge >= 0.3 is 5.97 Å². The number of aliphatic hydroxyl groups excluding tert-OH is 1. The number of phenolic OH excluding ortho intramolecular Hbond substituents is 2. The number of hydrogen-bond donors (Lipinski definition) is 7. The van der Waals surface area contributed by atoms with Gasteiger partial charge in [-0.25, -0.2) is 0 Å². The second kappa shape index (κ2) is 19.5. The van der Waals surface area contributed by atoms with Crippen molar-refractivity contribution in [2.24, 2.45) is 17.6 Å². The first-order chi connectivity index (χ1) is 33.6. The maximum atomic E-state index is 12.9. The lowest BCUT2D eigenvalue weighted by Gasteiger charge is -2.39. The van der Waals surface area contributed by atoms with Crippen LogP contribution in [0.5, 0.6) is 28.7 Å². The van der Waals surface area contributed by atoms with E-state index in [2.05, 4.69) is 58.2 Å². The van der Waals surface area contributed by atoms with Crippen LogP contribution in [0.1, 0.15) is 116 Å². The van der Waals surface area contributed by atoms with Crippen LogP contribution in [0, 0.1) is 23.7 Å². The minimum absolute atomic E-state index is 0.0331. The predicted molar refractivity (Wildman–Crippen MR) is 271 cm³/mol. The molecule has 0 radical (unpaired) electrons. The molecule has 1 saturated heterocycles. The molecule has 8 N–H and O–H groups in total. The van der Waals surface area contributed by atoms with Crippen molar-refractivity contribution >= 4 is 33.6 Å². The summed E-state index contributed by atoms with van der Waals surface area (Å²) < 4.78 is 27.0. The second-order valence-electron chi connectivity index (χ2n) is 20.4. The number of nitrogens with one attached hydrogen (secondary N) is 3. The average molecular weight is 973 g/mol. The monoisotopic (exact) mass is 972 g/mol. The molecular formula is C55H64N4O8S2. The lowest BCUT2D eigenvalue weighted by atomic mass is 9.65. The van der Waals surface area contributed by atoms with Crippen LogP contribution < -0.4 is 35.9 Å². The Kier molecular flexibility index (Phi) is 13.1. The van der Waals surface area contributed by atoms with Gasteiger partial charge in [0.25, 0.3) is 0 Å². The average Bonchev–Trinajstić information content (AvgIpc) is 3.85. The predicted octanol–water partition coefficient (Wildman–Crippen LogP) is 7.95. The number of methoxy groups -OCH3 is 1. The van der Waals surface area contributed by atoms with Crippen LogP contribution in [0.4, 0.5) is 0 Å². The molecule has 0 aromatic heterocycles. The summed E-state index contributed by atoms with van der Waals surface area (Å²) >= 11 is 0. The van der Waals surface area contributed by atoms with Gasteiger partial charge in [-0.3, -0.25) is 4.79 Å². The molecule has 5 heterocycles. The van der Waals surface area contributed by atoms with Gasteiger partial charge in [0.05, 0.1) is 30.9 Å². The van der Waals surface area contributed by atoms with Gasteiger partial charge in [0.15, 0.2) is 11.5 Å². The van der Waals surface area contributed by atoms with Crippen LogP contribution in [0.25, 0.3) is 17.2 Å². The van der Waals surface area contributed by atoms with Crippen LogP contribution in [0.15, 0.2) is 53.8 Å². The molecule has 3 aromatic rings. The van der Waals surface area contributed by atoms with Crippen LogP contribution in [0.3, 0.4) is 0 Å². The first-order valence-electron chi connectivity index (χ1n) is 25.0. The molecule has 364 valence electrons. The molecular weight excluding hydrogens is 909 g/mol. The Bertz CT molecular complexity index is 2690. The number of benzene rings is 3. The summed E-state index contributed by atoms with van der Waals surface area (Å²) in [6.07, 6.45) is 16.9. The number of allylic oxidation sites excluding steroid dienone is 3. The fourth-order valence-corrected chi connectivity index (χ4v) is 15.6. The summed E-state index contributed by atoms with van der Waals surface area (Å²) in [4.78, 5) is 12.9. The Labute approximate surface area is 413 Å². The lowest BCUT2D eigenvalue weighted by molar-refractivity contribution is -0.141. The Morgan fingerprint density at radius 2 is 1.96 bits per heavy atom. The highest BCUT2D eigenvalue weighted by atomic mass is 33.1. The largest absolute Gasteiger partial charge is 0.508 e. The van der Waals surface area contributed by atoms with Gasteiger partial charge in [-0.1, -0.05) is 64.3 Å². The van der Waals surface area contributed by atoms with Crippen molar-refractivity contribution in [3.63, 3.8) is 0 Å². The van der Waals surface area contributed by atoms with Crippen LogP contribution in [-0.4, -0.2) is 84.0 Å². The molecule has 5 aliphatic heterocycles. The number of ether oxygens (including phenoxy) is 4. The van der Waals surface area contributed by atoms with E-state index in [9.17, 15) is 20.1 Å². The van der Waals surface area contributed by atoms with E-state index in [4.69, 9.17) is 24.7 Å². The number of rotatable bonds is 8. The number of esters is 1. The molecule has 3 aliphatic carbocycles. The standard InChI is InChI=1S/C55H64N4O8S2/c1-30(61)65-27-42-38-11-12-39-48-34(22-36(62)23-45(48)64-2)25-55-17-16-31(24-55)20-33-10-15-47(56)59-43(33)9-4-8-37-41(26-57-18-5-19-60)51(63)54-40(49(37)52(42)67-53(38)50(39)55)13-14-44-46(66-54)29-69-68-28-32-6-3-7-35(21-32)58-44/h10-15,22-23,31-32,35,42,44,46-47,52,57-60,62-63H,3,5-8,16-21,24-29,56H2,1-2H3. The van der Waals surface area contributed by atoms with Gasteiger partial charge in [-0.15, -0.1) is 0 Å². The Morgan fingerprint density at radius 3 is 2.81 bits per heavy atom.